The van der Waals surface area contributed by atoms with Gasteiger partial charge in [-0.05, 0) is 85.2 Å². The van der Waals surface area contributed by atoms with E-state index >= 15 is 0 Å². The number of ether oxygens (including phenoxy) is 1. The molecule has 2 aliphatic heterocycles. The third kappa shape index (κ3) is 3.82. The van der Waals surface area contributed by atoms with Gasteiger partial charge in [0.2, 0.25) is 0 Å². The molecule has 8 nitrogen and oxygen atoms in total. The Labute approximate surface area is 203 Å². The van der Waals surface area contributed by atoms with Crippen LogP contribution in [-0.2, 0) is 17.7 Å². The molecule has 1 saturated heterocycles. The Balaban J connectivity index is 1.55. The monoisotopic (exact) mass is 470 g/mol. The lowest BCUT2D eigenvalue weighted by molar-refractivity contribution is 0.0924. The molecule has 180 valence electrons. The molecule has 0 bridgehead atoms. The van der Waals surface area contributed by atoms with Gasteiger partial charge in [-0.25, -0.2) is 4.68 Å². The van der Waals surface area contributed by atoms with Gasteiger partial charge in [0.05, 0.1) is 18.2 Å². The lowest BCUT2D eigenvalue weighted by Crippen LogP contribution is -2.39. The van der Waals surface area contributed by atoms with Gasteiger partial charge in [0.1, 0.15) is 6.04 Å². The van der Waals surface area contributed by atoms with Crippen LogP contribution in [0.15, 0.2) is 47.3 Å². The molecular weight excluding hydrogens is 440 g/mol. The van der Waals surface area contributed by atoms with E-state index in [2.05, 4.69) is 69.6 Å². The number of H-pyrrole nitrogens is 1. The van der Waals surface area contributed by atoms with Gasteiger partial charge >= 0.3 is 0 Å². The molecule has 35 heavy (non-hydrogen) atoms. The Morgan fingerprint density at radius 2 is 2.06 bits per heavy atom. The second kappa shape index (κ2) is 8.61. The minimum absolute atomic E-state index is 0.0846. The predicted octanol–water partition coefficient (Wildman–Crippen LogP) is 3.85. The molecule has 0 saturated carbocycles. The number of benzene rings is 2. The van der Waals surface area contributed by atoms with Crippen molar-refractivity contribution in [1.29, 1.82) is 0 Å². The molecule has 8 heteroatoms. The Morgan fingerprint density at radius 1 is 1.20 bits per heavy atom. The second-order valence-electron chi connectivity index (χ2n) is 9.95. The number of tetrazole rings is 1. The summed E-state index contributed by atoms with van der Waals surface area (Å²) in [7, 11) is 0. The van der Waals surface area contributed by atoms with Crippen molar-refractivity contribution in [3.63, 3.8) is 0 Å². The average molecular weight is 471 g/mol. The fraction of sp³-hybridized carbons (Fsp3) is 0.407. The van der Waals surface area contributed by atoms with Crippen molar-refractivity contribution in [1.82, 2.24) is 25.2 Å². The van der Waals surface area contributed by atoms with Crippen LogP contribution in [-0.4, -0.2) is 43.9 Å². The van der Waals surface area contributed by atoms with E-state index in [1.54, 1.807) is 0 Å². The fourth-order valence-electron chi connectivity index (χ4n) is 5.82. The van der Waals surface area contributed by atoms with E-state index in [4.69, 9.17) is 4.74 Å². The lowest BCUT2D eigenvalue weighted by atomic mass is 10.00. The first-order valence-corrected chi connectivity index (χ1v) is 12.4. The summed E-state index contributed by atoms with van der Waals surface area (Å²) >= 11 is 0. The number of hydrogen-bond donors (Lipinski definition) is 1. The maximum atomic E-state index is 13.7. The van der Waals surface area contributed by atoms with E-state index in [1.165, 1.54) is 5.56 Å². The number of aromatic amines is 1. The Bertz CT molecular complexity index is 1450. The average Bonchev–Trinajstić information content (AvgIpc) is 3.57. The third-order valence-electron chi connectivity index (χ3n) is 7.36. The second-order valence-corrected chi connectivity index (χ2v) is 9.95. The summed E-state index contributed by atoms with van der Waals surface area (Å²) in [6.45, 7) is 7.65. The molecule has 0 unspecified atom stereocenters. The number of aryl methyl sites for hydroxylation is 2. The smallest absolute Gasteiger partial charge is 0.254 e. The van der Waals surface area contributed by atoms with Crippen molar-refractivity contribution in [3.8, 4) is 0 Å². The molecular formula is C27H30N6O2. The van der Waals surface area contributed by atoms with Crippen molar-refractivity contribution >= 4 is 16.6 Å². The van der Waals surface area contributed by atoms with Crippen molar-refractivity contribution in [3.05, 3.63) is 80.9 Å². The molecule has 0 spiro atoms. The summed E-state index contributed by atoms with van der Waals surface area (Å²) in [5.74, 6) is 0.665. The molecule has 1 N–H and O–H groups in total. The highest BCUT2D eigenvalue weighted by molar-refractivity contribution is 5.83. The van der Waals surface area contributed by atoms with Gasteiger partial charge in [0, 0.05) is 23.9 Å². The molecule has 4 heterocycles. The minimum Gasteiger partial charge on any atom is -0.376 e. The maximum absolute atomic E-state index is 13.7. The molecule has 6 rings (SSSR count). The molecule has 0 amide bonds. The Morgan fingerprint density at radius 3 is 2.89 bits per heavy atom. The molecule has 2 aromatic carbocycles. The topological polar surface area (TPSA) is 88.9 Å². The summed E-state index contributed by atoms with van der Waals surface area (Å²) in [4.78, 5) is 19.1. The van der Waals surface area contributed by atoms with E-state index < -0.39 is 6.04 Å². The summed E-state index contributed by atoms with van der Waals surface area (Å²) in [6, 6.07) is 14.4. The molecule has 2 aromatic heterocycles. The first-order chi connectivity index (χ1) is 17.0. The number of para-hydroxylation sites is 1. The highest BCUT2D eigenvalue weighted by atomic mass is 16.5. The Hall–Kier alpha value is -3.52. The standard InChI is InChI=1S/C27H30N6O2/c1-16-11-17(2)24-20(12-16)14-22(27(34)28-24)25(33-18(3)13-19-7-4-5-9-23(19)33)26-29-30-31-32(26)15-21-8-6-10-35-21/h4-5,7,9,11-12,14,18,21,25H,6,8,10,13,15H2,1-3H3,(H,28,34)/t18-,21+,25-/m1/s1. The number of pyridine rings is 1. The minimum atomic E-state index is -0.431. The number of fused-ring (bicyclic) bond motifs is 2. The fourth-order valence-corrected chi connectivity index (χ4v) is 5.82. The molecule has 1 fully saturated rings. The number of anilines is 1. The zero-order chi connectivity index (χ0) is 24.1. The quantitative estimate of drug-likeness (QED) is 0.477. The van der Waals surface area contributed by atoms with Crippen LogP contribution < -0.4 is 10.5 Å². The number of nitrogens with zero attached hydrogens (tertiary/aromatic N) is 5. The normalized spacial score (nSPS) is 20.5. The number of hydrogen-bond acceptors (Lipinski definition) is 6. The molecule has 0 radical (unpaired) electrons. The van der Waals surface area contributed by atoms with E-state index in [1.807, 2.05) is 23.7 Å². The predicted molar refractivity (Wildman–Crippen MR) is 135 cm³/mol. The third-order valence-corrected chi connectivity index (χ3v) is 7.36. The van der Waals surface area contributed by atoms with Crippen molar-refractivity contribution in [2.45, 2.75) is 64.8 Å². The zero-order valence-corrected chi connectivity index (χ0v) is 20.4. The van der Waals surface area contributed by atoms with Crippen LogP contribution >= 0.6 is 0 Å². The van der Waals surface area contributed by atoms with Crippen LogP contribution in [0.5, 0.6) is 0 Å². The van der Waals surface area contributed by atoms with Gasteiger partial charge in [-0.3, -0.25) is 4.79 Å². The largest absolute Gasteiger partial charge is 0.376 e. The van der Waals surface area contributed by atoms with Crippen LogP contribution in [0.1, 0.15) is 53.9 Å². The van der Waals surface area contributed by atoms with Gasteiger partial charge in [0.15, 0.2) is 5.82 Å². The van der Waals surface area contributed by atoms with Crippen molar-refractivity contribution in [2.24, 2.45) is 0 Å². The van der Waals surface area contributed by atoms with Gasteiger partial charge in [0.25, 0.3) is 5.56 Å². The first-order valence-electron chi connectivity index (χ1n) is 12.4. The zero-order valence-electron chi connectivity index (χ0n) is 20.4. The van der Waals surface area contributed by atoms with Crippen molar-refractivity contribution in [2.75, 3.05) is 11.5 Å². The molecule has 2 aliphatic rings. The SMILES string of the molecule is Cc1cc(C)c2[nH]c(=O)c([C@H](c3nnnn3C[C@@H]3CCCO3)N3c4ccccc4C[C@H]3C)cc2c1. The summed E-state index contributed by atoms with van der Waals surface area (Å²) in [5.41, 5.74) is 6.02. The van der Waals surface area contributed by atoms with Gasteiger partial charge in [-0.15, -0.1) is 5.10 Å². The molecule has 4 aromatic rings. The Kier molecular flexibility index (Phi) is 5.40. The van der Waals surface area contributed by atoms with Crippen LogP contribution in [0.4, 0.5) is 5.69 Å². The van der Waals surface area contributed by atoms with Crippen molar-refractivity contribution < 1.29 is 4.74 Å². The summed E-state index contributed by atoms with van der Waals surface area (Å²) in [6.07, 6.45) is 3.03. The van der Waals surface area contributed by atoms with E-state index in [-0.39, 0.29) is 17.7 Å². The molecule has 0 aliphatic carbocycles. The van der Waals surface area contributed by atoms with Crippen LogP contribution in [0.3, 0.4) is 0 Å². The number of rotatable bonds is 5. The maximum Gasteiger partial charge on any atom is 0.254 e. The molecule has 3 atom stereocenters. The van der Waals surface area contributed by atoms with E-state index in [0.29, 0.717) is 17.9 Å². The number of aromatic nitrogens is 5. The highest BCUT2D eigenvalue weighted by Crippen LogP contribution is 2.40. The van der Waals surface area contributed by atoms with E-state index in [0.717, 1.165) is 53.6 Å². The highest BCUT2D eigenvalue weighted by Gasteiger charge is 2.38. The van der Waals surface area contributed by atoms with Gasteiger partial charge in [-0.1, -0.05) is 29.8 Å². The summed E-state index contributed by atoms with van der Waals surface area (Å²) in [5, 5.41) is 13.9. The van der Waals surface area contributed by atoms with Crippen LogP contribution in [0.25, 0.3) is 10.9 Å². The lowest BCUT2D eigenvalue weighted by Gasteiger charge is -2.33. The van der Waals surface area contributed by atoms with E-state index in [9.17, 15) is 4.79 Å². The summed E-state index contributed by atoms with van der Waals surface area (Å²) < 4.78 is 7.71. The van der Waals surface area contributed by atoms with Crippen LogP contribution in [0, 0.1) is 13.8 Å². The first kappa shape index (κ1) is 22.0. The number of nitrogens with one attached hydrogen (secondary N) is 1. The van der Waals surface area contributed by atoms with Crippen LogP contribution in [0.2, 0.25) is 0 Å². The van der Waals surface area contributed by atoms with Gasteiger partial charge in [-0.2, -0.15) is 0 Å². The van der Waals surface area contributed by atoms with Gasteiger partial charge < -0.3 is 14.6 Å².